The van der Waals surface area contributed by atoms with Crippen LogP contribution in [0.1, 0.15) is 37.3 Å². The molecule has 4 heteroatoms. The number of aryl methyl sites for hydroxylation is 1. The summed E-state index contributed by atoms with van der Waals surface area (Å²) in [4.78, 5) is 9.97. The lowest BCUT2D eigenvalue weighted by Gasteiger charge is -2.10. The molecule has 1 heterocycles. The van der Waals surface area contributed by atoms with Gasteiger partial charge in [-0.05, 0) is 55.2 Å². The van der Waals surface area contributed by atoms with E-state index in [1.807, 2.05) is 49.5 Å². The van der Waals surface area contributed by atoms with Crippen molar-refractivity contribution in [3.63, 3.8) is 0 Å². The summed E-state index contributed by atoms with van der Waals surface area (Å²) in [6.07, 6.45) is 4.87. The van der Waals surface area contributed by atoms with E-state index in [4.69, 9.17) is 9.57 Å². The van der Waals surface area contributed by atoms with E-state index >= 15 is 0 Å². The van der Waals surface area contributed by atoms with Crippen LogP contribution in [-0.2, 0) is 4.84 Å². The molecule has 1 aromatic heterocycles. The van der Waals surface area contributed by atoms with Crippen molar-refractivity contribution in [3.05, 3.63) is 84.1 Å². The highest BCUT2D eigenvalue weighted by Gasteiger charge is 2.06. The molecule has 2 aromatic carbocycles. The Kier molecular flexibility index (Phi) is 7.81. The first kappa shape index (κ1) is 20.6. The molecular weight excluding hydrogens is 360 g/mol. The van der Waals surface area contributed by atoms with Crippen LogP contribution < -0.4 is 4.74 Å². The molecule has 0 N–H and O–H groups in total. The number of aromatic nitrogens is 1. The smallest absolute Gasteiger partial charge is 0.151 e. The number of pyridine rings is 1. The van der Waals surface area contributed by atoms with Crippen molar-refractivity contribution in [2.45, 2.75) is 33.1 Å². The lowest BCUT2D eigenvalue weighted by Crippen LogP contribution is -2.08. The van der Waals surface area contributed by atoms with Crippen LogP contribution in [0, 0.1) is 13.0 Å². The largest absolute Gasteiger partial charge is 0.490 e. The highest BCUT2D eigenvalue weighted by molar-refractivity contribution is 6.00. The molecule has 0 amide bonds. The standard InChI is InChI=1S/C25H27N2O2/c1-3-4-10-24(27-29-19-18-28-25-12-6-5-9-20(25)2)22-15-13-21(14-16-22)23-11-7-8-17-26-23/h5-8,11-17H,3-4,10,18-19H2,1-2H3/b27-24+. The second kappa shape index (κ2) is 11.0. The van der Waals surface area contributed by atoms with E-state index in [1.54, 1.807) is 0 Å². The number of ether oxygens (including phenoxy) is 1. The lowest BCUT2D eigenvalue weighted by atomic mass is 10.0. The Balaban J connectivity index is 1.60. The summed E-state index contributed by atoms with van der Waals surface area (Å²) in [7, 11) is 0. The van der Waals surface area contributed by atoms with E-state index < -0.39 is 0 Å². The Hall–Kier alpha value is -3.14. The average Bonchev–Trinajstić information content (AvgIpc) is 2.77. The molecule has 1 radical (unpaired) electrons. The third-order valence-corrected chi connectivity index (χ3v) is 4.57. The first-order valence-corrected chi connectivity index (χ1v) is 10.1. The van der Waals surface area contributed by atoms with Gasteiger partial charge in [0.05, 0.1) is 11.4 Å². The first-order valence-electron chi connectivity index (χ1n) is 10.1. The van der Waals surface area contributed by atoms with Crippen molar-refractivity contribution >= 4 is 5.71 Å². The summed E-state index contributed by atoms with van der Waals surface area (Å²) in [5, 5.41) is 4.40. The molecule has 0 unspecified atom stereocenters. The van der Waals surface area contributed by atoms with Crippen LogP contribution in [0.3, 0.4) is 0 Å². The van der Waals surface area contributed by atoms with Gasteiger partial charge in [-0.3, -0.25) is 4.98 Å². The van der Waals surface area contributed by atoms with Crippen LogP contribution in [0.4, 0.5) is 0 Å². The van der Waals surface area contributed by atoms with E-state index in [0.717, 1.165) is 53.1 Å². The molecule has 0 saturated carbocycles. The van der Waals surface area contributed by atoms with Gasteiger partial charge in [-0.25, -0.2) is 0 Å². The van der Waals surface area contributed by atoms with Crippen molar-refractivity contribution in [3.8, 4) is 17.0 Å². The van der Waals surface area contributed by atoms with Gasteiger partial charge >= 0.3 is 0 Å². The van der Waals surface area contributed by atoms with E-state index in [-0.39, 0.29) is 0 Å². The summed E-state index contributed by atoms with van der Waals surface area (Å²) >= 11 is 0. The summed E-state index contributed by atoms with van der Waals surface area (Å²) in [6, 6.07) is 23.1. The zero-order valence-electron chi connectivity index (χ0n) is 17.1. The maximum absolute atomic E-state index is 5.74. The van der Waals surface area contributed by atoms with Gasteiger partial charge < -0.3 is 9.57 Å². The topological polar surface area (TPSA) is 43.7 Å². The second-order valence-corrected chi connectivity index (χ2v) is 6.77. The van der Waals surface area contributed by atoms with Crippen molar-refractivity contribution < 1.29 is 9.57 Å². The highest BCUT2D eigenvalue weighted by Crippen LogP contribution is 2.19. The van der Waals surface area contributed by atoms with Crippen molar-refractivity contribution in [2.75, 3.05) is 13.2 Å². The Labute approximate surface area is 173 Å². The summed E-state index contributed by atoms with van der Waals surface area (Å²) in [5.41, 5.74) is 5.09. The van der Waals surface area contributed by atoms with Gasteiger partial charge in [0.2, 0.25) is 0 Å². The van der Waals surface area contributed by atoms with Crippen LogP contribution in [0.2, 0.25) is 0 Å². The Morgan fingerprint density at radius 2 is 1.90 bits per heavy atom. The number of unbranched alkanes of at least 4 members (excludes halogenated alkanes) is 1. The quantitative estimate of drug-likeness (QED) is 0.249. The predicted octanol–water partition coefficient (Wildman–Crippen LogP) is 5.85. The Morgan fingerprint density at radius 1 is 1.03 bits per heavy atom. The third kappa shape index (κ3) is 6.18. The van der Waals surface area contributed by atoms with Crippen molar-refractivity contribution in [1.29, 1.82) is 0 Å². The lowest BCUT2D eigenvalue weighted by molar-refractivity contribution is 0.106. The number of hydrogen-bond acceptors (Lipinski definition) is 4. The fraction of sp³-hybridized carbons (Fsp3) is 0.280. The highest BCUT2D eigenvalue weighted by atomic mass is 16.6. The first-order chi connectivity index (χ1) is 14.3. The molecule has 4 nitrogen and oxygen atoms in total. The zero-order valence-corrected chi connectivity index (χ0v) is 17.1. The molecule has 0 bridgehead atoms. The Bertz CT molecular complexity index is 906. The van der Waals surface area contributed by atoms with E-state index in [2.05, 4.69) is 47.4 Å². The number of rotatable bonds is 10. The molecular formula is C25H27N2O2. The van der Waals surface area contributed by atoms with Crippen molar-refractivity contribution in [1.82, 2.24) is 4.98 Å². The van der Waals surface area contributed by atoms with Gasteiger partial charge in [0.15, 0.2) is 6.61 Å². The van der Waals surface area contributed by atoms with Crippen LogP contribution in [0.25, 0.3) is 11.3 Å². The molecule has 29 heavy (non-hydrogen) atoms. The number of oxime groups is 1. The average molecular weight is 388 g/mol. The van der Waals surface area contributed by atoms with Crippen LogP contribution in [-0.4, -0.2) is 23.9 Å². The number of nitrogens with zero attached hydrogens (tertiary/aromatic N) is 2. The van der Waals surface area contributed by atoms with Crippen LogP contribution in [0.5, 0.6) is 5.75 Å². The normalized spacial score (nSPS) is 11.3. The summed E-state index contributed by atoms with van der Waals surface area (Å²) in [6.45, 7) is 5.00. The predicted molar refractivity (Wildman–Crippen MR) is 117 cm³/mol. The molecule has 0 aliphatic carbocycles. The number of hydrogen-bond donors (Lipinski definition) is 0. The van der Waals surface area contributed by atoms with E-state index in [9.17, 15) is 0 Å². The fourth-order valence-electron chi connectivity index (χ4n) is 2.93. The van der Waals surface area contributed by atoms with E-state index in [1.165, 1.54) is 0 Å². The van der Waals surface area contributed by atoms with Crippen molar-refractivity contribution in [2.24, 2.45) is 5.16 Å². The van der Waals surface area contributed by atoms with Gasteiger partial charge in [-0.1, -0.05) is 61.0 Å². The maximum Gasteiger partial charge on any atom is 0.151 e. The molecule has 0 saturated heterocycles. The molecule has 0 atom stereocenters. The minimum atomic E-state index is 0.399. The molecule has 0 fully saturated rings. The molecule has 149 valence electrons. The monoisotopic (exact) mass is 387 g/mol. The molecule has 3 aromatic rings. The van der Waals surface area contributed by atoms with Gasteiger partial charge in [0, 0.05) is 11.8 Å². The van der Waals surface area contributed by atoms with Crippen LogP contribution in [0.15, 0.2) is 72.0 Å². The Morgan fingerprint density at radius 3 is 2.62 bits per heavy atom. The van der Waals surface area contributed by atoms with Gasteiger partial charge in [-0.2, -0.15) is 0 Å². The van der Waals surface area contributed by atoms with Gasteiger partial charge in [0.25, 0.3) is 0 Å². The maximum atomic E-state index is 5.74. The molecule has 0 aliphatic rings. The SMILES string of the molecule is CCCC/C(=N\OCCOc1ccc[c]c1C)c1ccc(-c2ccccn2)cc1. The second-order valence-electron chi connectivity index (χ2n) is 6.77. The molecule has 0 spiro atoms. The van der Waals surface area contributed by atoms with Gasteiger partial charge in [-0.15, -0.1) is 0 Å². The van der Waals surface area contributed by atoms with Gasteiger partial charge in [0.1, 0.15) is 12.4 Å². The molecule has 3 rings (SSSR count). The zero-order chi connectivity index (χ0) is 20.3. The third-order valence-electron chi connectivity index (χ3n) is 4.57. The minimum absolute atomic E-state index is 0.399. The molecule has 0 aliphatic heterocycles. The number of benzene rings is 2. The summed E-state index contributed by atoms with van der Waals surface area (Å²) < 4.78 is 5.74. The van der Waals surface area contributed by atoms with E-state index in [0.29, 0.717) is 13.2 Å². The summed E-state index contributed by atoms with van der Waals surface area (Å²) in [5.74, 6) is 0.830. The minimum Gasteiger partial charge on any atom is -0.490 e. The fourth-order valence-corrected chi connectivity index (χ4v) is 2.93. The van der Waals surface area contributed by atoms with Crippen LogP contribution >= 0.6 is 0 Å².